The zero-order valence-electron chi connectivity index (χ0n) is 73.3. The fourth-order valence-corrected chi connectivity index (χ4v) is 22.0. The van der Waals surface area contributed by atoms with Crippen molar-refractivity contribution < 1.29 is 0 Å². The van der Waals surface area contributed by atoms with Crippen molar-refractivity contribution >= 4 is 162 Å². The molecule has 3 heteroatoms. The monoisotopic (exact) mass is 1660 g/mol. The van der Waals surface area contributed by atoms with Gasteiger partial charge < -0.3 is 13.7 Å². The van der Waals surface area contributed by atoms with Gasteiger partial charge >= 0.3 is 0 Å². The molecule has 0 unspecified atom stereocenters. The van der Waals surface area contributed by atoms with Crippen molar-refractivity contribution in [3.05, 3.63) is 453 Å². The first-order chi connectivity index (χ1) is 63.9. The van der Waals surface area contributed by atoms with Crippen molar-refractivity contribution in [2.75, 3.05) is 0 Å². The Hall–Kier alpha value is -16.2. The Balaban J connectivity index is 0.000000105. The molecule has 0 aliphatic carbocycles. The molecule has 0 aliphatic heterocycles. The normalized spacial score (nSPS) is 12.1. The van der Waals surface area contributed by atoms with E-state index in [-0.39, 0.29) is 5.41 Å². The molecule has 27 rings (SSSR count). The highest BCUT2D eigenvalue weighted by Crippen LogP contribution is 2.49. The summed E-state index contributed by atoms with van der Waals surface area (Å²) >= 11 is 0. The van der Waals surface area contributed by atoms with Crippen LogP contribution >= 0.6 is 0 Å². The molecule has 0 saturated carbocycles. The summed E-state index contributed by atoms with van der Waals surface area (Å²) in [5.74, 6) is 0. The van der Waals surface area contributed by atoms with E-state index in [0.29, 0.717) is 0 Å². The fourth-order valence-electron chi connectivity index (χ4n) is 22.0. The van der Waals surface area contributed by atoms with Gasteiger partial charge in [-0.25, -0.2) is 0 Å². The van der Waals surface area contributed by atoms with Crippen LogP contribution in [0.3, 0.4) is 0 Å². The molecule has 24 aromatic carbocycles. The minimum Gasteiger partial charge on any atom is -0.309 e. The number of benzene rings is 24. The highest BCUT2D eigenvalue weighted by atomic mass is 15.0. The van der Waals surface area contributed by atoms with Gasteiger partial charge in [0.2, 0.25) is 0 Å². The summed E-state index contributed by atoms with van der Waals surface area (Å²) < 4.78 is 7.15. The van der Waals surface area contributed by atoms with Crippen LogP contribution in [0.15, 0.2) is 431 Å². The second-order valence-electron chi connectivity index (χ2n) is 36.7. The average molecular weight is 1660 g/mol. The summed E-state index contributed by atoms with van der Waals surface area (Å²) in [7, 11) is 0. The topological polar surface area (TPSA) is 14.8 Å². The molecule has 0 bridgehead atoms. The number of rotatable bonds is 9. The number of hydrogen-bond donors (Lipinski definition) is 0. The summed E-state index contributed by atoms with van der Waals surface area (Å²) in [5.41, 5.74) is 31.6. The molecule has 3 heterocycles. The molecule has 27 aromatic rings. The van der Waals surface area contributed by atoms with E-state index in [4.69, 9.17) is 0 Å². The third kappa shape index (κ3) is 12.2. The van der Waals surface area contributed by atoms with Crippen LogP contribution in [0.25, 0.3) is 246 Å². The minimum absolute atomic E-state index is 0.138. The molecule has 0 aliphatic rings. The van der Waals surface area contributed by atoms with Gasteiger partial charge in [0.05, 0.1) is 33.1 Å². The number of fused-ring (bicyclic) bond motifs is 9. The van der Waals surface area contributed by atoms with Crippen LogP contribution in [-0.4, -0.2) is 13.7 Å². The molecule has 0 radical (unpaired) electrons. The lowest BCUT2D eigenvalue weighted by Crippen LogP contribution is -2.10. The van der Waals surface area contributed by atoms with Gasteiger partial charge in [-0.2, -0.15) is 0 Å². The quantitative estimate of drug-likeness (QED) is 0.128. The lowest BCUT2D eigenvalue weighted by molar-refractivity contribution is 0.590. The van der Waals surface area contributed by atoms with Gasteiger partial charge in [-0.15, -0.1) is 0 Å². The summed E-state index contributed by atoms with van der Waals surface area (Å²) in [4.78, 5) is 0. The van der Waals surface area contributed by atoms with Crippen molar-refractivity contribution in [2.24, 2.45) is 0 Å². The van der Waals surface area contributed by atoms with E-state index in [1.807, 2.05) is 0 Å². The summed E-state index contributed by atoms with van der Waals surface area (Å²) in [6.45, 7) is 13.4. The molecule has 3 aromatic heterocycles. The van der Waals surface area contributed by atoms with Crippen LogP contribution in [-0.2, 0) is 5.41 Å². The van der Waals surface area contributed by atoms with Gasteiger partial charge in [0, 0.05) is 49.4 Å². The fraction of sp³-hybridized carbons (Fsp3) is 0.0551. The number of aryl methyl sites for hydroxylation is 3. The molecule has 3 nitrogen and oxygen atoms in total. The first kappa shape index (κ1) is 76.3. The van der Waals surface area contributed by atoms with Crippen LogP contribution in [0.5, 0.6) is 0 Å². The van der Waals surface area contributed by atoms with E-state index in [1.165, 1.54) is 268 Å². The first-order valence-electron chi connectivity index (χ1n) is 45.5. The number of para-hydroxylation sites is 6. The lowest BCUT2D eigenvalue weighted by atomic mass is 9.85. The highest BCUT2D eigenvalue weighted by Gasteiger charge is 2.24. The zero-order valence-corrected chi connectivity index (χ0v) is 73.3. The minimum atomic E-state index is 0.138. The molecule has 0 spiro atoms. The molecule has 0 fully saturated rings. The standard InChI is InChI=1S/C44H33N.C42H29N.C41H27N/c1-44(2,3)32-20-12-28(13-21-32)34-24-16-30-19-27-39-35(25-17-31-18-26-38(34)42(30)43(31)39)29-14-22-33(23-15-29)45-40-10-6-4-8-36(40)37-9-5-7-11-41(37)45;1-26-11-20-32(27(2)25-26)34-22-15-30-16-23-37-33(21-14-29-17-24-38(34)42(30)41(29)37)28-12-18-31(19-13-28)43-39-9-5-3-7-35(39)36-8-4-6-10-40(36)43;1-26-8-2-3-9-31(26)33-23-17-29-18-24-36-32(22-16-28-19-25-37(33)41(29)40(28)36)27-14-20-30(21-15-27)42-38-12-6-4-10-34(38)35-11-5-7-13-39(35)42/h4-27H,1-3H3;3-25H,1-2H3;2-25H,1H3. The van der Waals surface area contributed by atoms with Gasteiger partial charge in [-0.05, 0) is 279 Å². The molecule has 130 heavy (non-hydrogen) atoms. The van der Waals surface area contributed by atoms with Gasteiger partial charge in [0.1, 0.15) is 0 Å². The van der Waals surface area contributed by atoms with Crippen LogP contribution in [0.2, 0.25) is 0 Å². The molecule has 0 atom stereocenters. The molecule has 0 N–H and O–H groups in total. The van der Waals surface area contributed by atoms with Gasteiger partial charge in [0.15, 0.2) is 0 Å². The van der Waals surface area contributed by atoms with E-state index in [2.05, 4.69) is 486 Å². The van der Waals surface area contributed by atoms with Crippen molar-refractivity contribution in [3.8, 4) is 83.8 Å². The Labute approximate surface area is 754 Å². The van der Waals surface area contributed by atoms with Gasteiger partial charge in [-0.3, -0.25) is 0 Å². The van der Waals surface area contributed by atoms with Crippen molar-refractivity contribution in [2.45, 2.75) is 47.0 Å². The smallest absolute Gasteiger partial charge is 0.0541 e. The Morgan fingerprint density at radius 1 is 0.169 bits per heavy atom. The number of hydrogen-bond acceptors (Lipinski definition) is 0. The van der Waals surface area contributed by atoms with Crippen LogP contribution < -0.4 is 0 Å². The number of nitrogens with zero attached hydrogens (tertiary/aromatic N) is 3. The van der Waals surface area contributed by atoms with Crippen molar-refractivity contribution in [1.29, 1.82) is 0 Å². The summed E-state index contributed by atoms with van der Waals surface area (Å²) in [6, 6.07) is 159. The van der Waals surface area contributed by atoms with Gasteiger partial charge in [-0.1, -0.05) is 384 Å². The average Bonchev–Trinajstić information content (AvgIpc) is 0.798. The molecule has 612 valence electrons. The predicted octanol–water partition coefficient (Wildman–Crippen LogP) is 35.3. The Bertz CT molecular complexity index is 9040. The molecular weight excluding hydrogens is 1570 g/mol. The Morgan fingerprint density at radius 2 is 0.392 bits per heavy atom. The van der Waals surface area contributed by atoms with Crippen LogP contribution in [0, 0.1) is 20.8 Å². The summed E-state index contributed by atoms with van der Waals surface area (Å²) in [5, 5.41) is 31.4. The maximum absolute atomic E-state index is 2.38. The highest BCUT2D eigenvalue weighted by molar-refractivity contribution is 6.31. The third-order valence-corrected chi connectivity index (χ3v) is 28.2. The van der Waals surface area contributed by atoms with E-state index < -0.39 is 0 Å². The largest absolute Gasteiger partial charge is 0.309 e. The predicted molar refractivity (Wildman–Crippen MR) is 559 cm³/mol. The van der Waals surface area contributed by atoms with E-state index in [1.54, 1.807) is 0 Å². The van der Waals surface area contributed by atoms with Crippen molar-refractivity contribution in [3.63, 3.8) is 0 Å². The van der Waals surface area contributed by atoms with Crippen LogP contribution in [0.1, 0.15) is 43.0 Å². The SMILES string of the molecule is CC(C)(C)c1ccc(-c2ccc3ccc4c(-c5ccc(-n6c7ccccc7c7ccccc76)cc5)ccc5ccc2c3c54)cc1.Cc1ccc(-c2ccc3ccc4c(-c5ccc(-n6c7ccccc7c7ccccc76)cc5)ccc5ccc2c3c54)c(C)c1.Cc1ccccc1-c1ccc2ccc3c(-c4ccc(-n5c6ccccc6c6ccccc65)cc4)ccc4ccc1c2c43. The zero-order chi connectivity index (χ0) is 86.7. The molecule has 0 amide bonds. The lowest BCUT2D eigenvalue weighted by Gasteiger charge is -2.20. The summed E-state index contributed by atoms with van der Waals surface area (Å²) in [6.07, 6.45) is 0. The van der Waals surface area contributed by atoms with Gasteiger partial charge in [0.25, 0.3) is 0 Å². The molecular formula is C127H89N3. The Morgan fingerprint density at radius 3 is 0.662 bits per heavy atom. The van der Waals surface area contributed by atoms with Crippen molar-refractivity contribution in [1.82, 2.24) is 13.7 Å². The van der Waals surface area contributed by atoms with E-state index in [9.17, 15) is 0 Å². The molecule has 0 saturated heterocycles. The first-order valence-corrected chi connectivity index (χ1v) is 45.5. The van der Waals surface area contributed by atoms with Crippen LogP contribution in [0.4, 0.5) is 0 Å². The third-order valence-electron chi connectivity index (χ3n) is 28.2. The Kier molecular flexibility index (Phi) is 17.6. The second kappa shape index (κ2) is 30.0. The maximum Gasteiger partial charge on any atom is 0.0541 e. The maximum atomic E-state index is 2.38. The number of aromatic nitrogens is 3. The van der Waals surface area contributed by atoms with E-state index >= 15 is 0 Å². The van der Waals surface area contributed by atoms with E-state index in [0.717, 1.165) is 0 Å². The second-order valence-corrected chi connectivity index (χ2v) is 36.7.